The Hall–Kier alpha value is -1.55. The van der Waals surface area contributed by atoms with Gasteiger partial charge in [0.25, 0.3) is 0 Å². The van der Waals surface area contributed by atoms with Crippen LogP contribution in [-0.4, -0.2) is 17.9 Å². The van der Waals surface area contributed by atoms with Crippen LogP contribution in [0.25, 0.3) is 0 Å². The lowest BCUT2D eigenvalue weighted by molar-refractivity contribution is -0.129. The smallest absolute Gasteiger partial charge is 0.229 e. The monoisotopic (exact) mass is 282 g/mol. The third-order valence-electron chi connectivity index (χ3n) is 2.74. The quantitative estimate of drug-likeness (QED) is 0.787. The average molecular weight is 283 g/mol. The molecule has 0 aliphatic heterocycles. The summed E-state index contributed by atoms with van der Waals surface area (Å²) >= 11 is 5.77. The average Bonchev–Trinajstić information content (AvgIpc) is 2.37. The number of halogens is 1. The van der Waals surface area contributed by atoms with Crippen molar-refractivity contribution in [3.8, 4) is 0 Å². The van der Waals surface area contributed by atoms with Gasteiger partial charge in [-0.15, -0.1) is 0 Å². The molecular formula is C14H19ClN2O2. The number of carbonyl (C=O) groups is 2. The van der Waals surface area contributed by atoms with E-state index < -0.39 is 0 Å². The summed E-state index contributed by atoms with van der Waals surface area (Å²) < 4.78 is 0. The summed E-state index contributed by atoms with van der Waals surface area (Å²) in [6.07, 6.45) is 0.704. The summed E-state index contributed by atoms with van der Waals surface area (Å²) in [6, 6.07) is 7.29. The lowest BCUT2D eigenvalue weighted by Gasteiger charge is -2.11. The molecule has 1 aromatic rings. The van der Waals surface area contributed by atoms with Crippen molar-refractivity contribution in [3.05, 3.63) is 34.9 Å². The van der Waals surface area contributed by atoms with Crippen LogP contribution in [0, 0.1) is 0 Å². The van der Waals surface area contributed by atoms with Gasteiger partial charge >= 0.3 is 0 Å². The lowest BCUT2D eigenvalue weighted by atomic mass is 10.2. The summed E-state index contributed by atoms with van der Waals surface area (Å²) in [7, 11) is 0. The van der Waals surface area contributed by atoms with Gasteiger partial charge in [0.2, 0.25) is 11.8 Å². The highest BCUT2D eigenvalue weighted by Gasteiger charge is 2.10. The molecular weight excluding hydrogens is 264 g/mol. The maximum Gasteiger partial charge on any atom is 0.229 e. The topological polar surface area (TPSA) is 58.2 Å². The molecule has 0 aliphatic rings. The Morgan fingerprint density at radius 2 is 1.84 bits per heavy atom. The Morgan fingerprint density at radius 1 is 1.21 bits per heavy atom. The highest BCUT2D eigenvalue weighted by Crippen LogP contribution is 2.09. The van der Waals surface area contributed by atoms with E-state index in [9.17, 15) is 9.59 Å². The van der Waals surface area contributed by atoms with Crippen molar-refractivity contribution >= 4 is 23.4 Å². The summed E-state index contributed by atoms with van der Waals surface area (Å²) in [5.74, 6) is -0.529. The van der Waals surface area contributed by atoms with E-state index in [2.05, 4.69) is 10.6 Å². The van der Waals surface area contributed by atoms with Gasteiger partial charge in [-0.05, 0) is 31.0 Å². The minimum absolute atomic E-state index is 0.0940. The molecule has 0 saturated carbocycles. The molecule has 2 N–H and O–H groups in total. The Morgan fingerprint density at radius 3 is 2.42 bits per heavy atom. The number of amides is 2. The van der Waals surface area contributed by atoms with Crippen molar-refractivity contribution in [2.75, 3.05) is 0 Å². The van der Waals surface area contributed by atoms with Crippen LogP contribution >= 0.6 is 11.6 Å². The van der Waals surface area contributed by atoms with Gasteiger partial charge < -0.3 is 10.6 Å². The van der Waals surface area contributed by atoms with Gasteiger partial charge in [0.05, 0.1) is 0 Å². The third-order valence-corrected chi connectivity index (χ3v) is 3.00. The van der Waals surface area contributed by atoms with Gasteiger partial charge in [0.1, 0.15) is 6.42 Å². The van der Waals surface area contributed by atoms with Crippen molar-refractivity contribution in [3.63, 3.8) is 0 Å². The highest BCUT2D eigenvalue weighted by atomic mass is 35.5. The van der Waals surface area contributed by atoms with Crippen LogP contribution in [0.15, 0.2) is 24.3 Å². The fourth-order valence-electron chi connectivity index (χ4n) is 1.44. The van der Waals surface area contributed by atoms with Crippen molar-refractivity contribution in [2.45, 2.75) is 39.3 Å². The zero-order valence-corrected chi connectivity index (χ0v) is 12.0. The molecule has 0 aromatic heterocycles. The molecule has 4 nitrogen and oxygen atoms in total. The first-order valence-electron chi connectivity index (χ1n) is 6.31. The molecule has 0 fully saturated rings. The molecule has 104 valence electrons. The van der Waals surface area contributed by atoms with Crippen LogP contribution in [0.2, 0.25) is 5.02 Å². The summed E-state index contributed by atoms with van der Waals surface area (Å²) in [5, 5.41) is 6.10. The van der Waals surface area contributed by atoms with Gasteiger partial charge in [-0.2, -0.15) is 0 Å². The molecule has 0 heterocycles. The molecule has 1 unspecified atom stereocenters. The molecule has 5 heteroatoms. The second-order valence-corrected chi connectivity index (χ2v) is 4.89. The van der Waals surface area contributed by atoms with Crippen molar-refractivity contribution in [1.82, 2.24) is 10.6 Å². The molecule has 1 rings (SSSR count). The van der Waals surface area contributed by atoms with Gasteiger partial charge in [-0.1, -0.05) is 30.7 Å². The van der Waals surface area contributed by atoms with Crippen molar-refractivity contribution in [2.24, 2.45) is 0 Å². The number of rotatable bonds is 6. The standard InChI is InChI=1S/C14H19ClN2O2/c1-3-10(2)17-14(19)8-13(18)16-9-11-4-6-12(15)7-5-11/h4-7,10H,3,8-9H2,1-2H3,(H,16,18)(H,17,19). The fraction of sp³-hybridized carbons (Fsp3) is 0.429. The normalized spacial score (nSPS) is 11.7. The summed E-state index contributed by atoms with van der Waals surface area (Å²) in [6.45, 7) is 4.28. The van der Waals surface area contributed by atoms with E-state index in [-0.39, 0.29) is 24.3 Å². The number of benzene rings is 1. The first kappa shape index (κ1) is 15.5. The van der Waals surface area contributed by atoms with E-state index in [1.165, 1.54) is 0 Å². The van der Waals surface area contributed by atoms with E-state index >= 15 is 0 Å². The number of hydrogen-bond acceptors (Lipinski definition) is 2. The summed E-state index contributed by atoms with van der Waals surface area (Å²) in [5.41, 5.74) is 0.945. The second kappa shape index (κ2) is 7.79. The SMILES string of the molecule is CCC(C)NC(=O)CC(=O)NCc1ccc(Cl)cc1. The maximum atomic E-state index is 11.6. The second-order valence-electron chi connectivity index (χ2n) is 4.46. The van der Waals surface area contributed by atoms with Crippen LogP contribution in [0.3, 0.4) is 0 Å². The van der Waals surface area contributed by atoms with E-state index in [0.717, 1.165) is 12.0 Å². The van der Waals surface area contributed by atoms with E-state index in [4.69, 9.17) is 11.6 Å². The minimum Gasteiger partial charge on any atom is -0.353 e. The van der Waals surface area contributed by atoms with Gasteiger partial charge in [-0.25, -0.2) is 0 Å². The zero-order chi connectivity index (χ0) is 14.3. The van der Waals surface area contributed by atoms with Crippen molar-refractivity contribution < 1.29 is 9.59 Å². The molecule has 0 saturated heterocycles. The number of hydrogen-bond donors (Lipinski definition) is 2. The van der Waals surface area contributed by atoms with E-state index in [1.54, 1.807) is 12.1 Å². The van der Waals surface area contributed by atoms with Crippen molar-refractivity contribution in [1.29, 1.82) is 0 Å². The van der Waals surface area contributed by atoms with E-state index in [0.29, 0.717) is 11.6 Å². The minimum atomic E-state index is -0.282. The Labute approximate surface area is 118 Å². The fourth-order valence-corrected chi connectivity index (χ4v) is 1.57. The molecule has 1 atom stereocenters. The molecule has 0 radical (unpaired) electrons. The molecule has 1 aromatic carbocycles. The van der Waals surface area contributed by atoms with Crippen LogP contribution < -0.4 is 10.6 Å². The maximum absolute atomic E-state index is 11.6. The van der Waals surface area contributed by atoms with Crippen LogP contribution in [-0.2, 0) is 16.1 Å². The molecule has 0 spiro atoms. The predicted octanol–water partition coefficient (Wildman–Crippen LogP) is 2.26. The molecule has 0 aliphatic carbocycles. The van der Waals surface area contributed by atoms with Crippen LogP contribution in [0.1, 0.15) is 32.3 Å². The van der Waals surface area contributed by atoms with Crippen LogP contribution in [0.5, 0.6) is 0 Å². The van der Waals surface area contributed by atoms with Gasteiger partial charge in [-0.3, -0.25) is 9.59 Å². The molecule has 2 amide bonds. The first-order valence-corrected chi connectivity index (χ1v) is 6.69. The van der Waals surface area contributed by atoms with E-state index in [1.807, 2.05) is 26.0 Å². The Kier molecular flexibility index (Phi) is 6.36. The Bertz CT molecular complexity index is 432. The van der Waals surface area contributed by atoms with Gasteiger partial charge in [0.15, 0.2) is 0 Å². The number of carbonyl (C=O) groups excluding carboxylic acids is 2. The predicted molar refractivity (Wildman–Crippen MR) is 75.8 cm³/mol. The molecule has 0 bridgehead atoms. The lowest BCUT2D eigenvalue weighted by Crippen LogP contribution is -2.36. The van der Waals surface area contributed by atoms with Gasteiger partial charge in [0, 0.05) is 17.6 Å². The largest absolute Gasteiger partial charge is 0.353 e. The first-order chi connectivity index (χ1) is 9.01. The zero-order valence-electron chi connectivity index (χ0n) is 11.2. The summed E-state index contributed by atoms with van der Waals surface area (Å²) in [4.78, 5) is 23.1. The Balaban J connectivity index is 2.31. The van der Waals surface area contributed by atoms with Crippen LogP contribution in [0.4, 0.5) is 0 Å². The number of nitrogens with one attached hydrogen (secondary N) is 2. The third kappa shape index (κ3) is 6.25. The molecule has 19 heavy (non-hydrogen) atoms. The highest BCUT2D eigenvalue weighted by molar-refractivity contribution is 6.30.